The molecule has 3 fully saturated rings. The summed E-state index contributed by atoms with van der Waals surface area (Å²) in [4.78, 5) is 138. The minimum atomic E-state index is -2.59. The smallest absolute Gasteiger partial charge is 0.330 e. The lowest BCUT2D eigenvalue weighted by molar-refractivity contribution is -0.284. The average molecular weight is 1880 g/mol. The van der Waals surface area contributed by atoms with Gasteiger partial charge in [0.05, 0.1) is 29.9 Å². The lowest BCUT2D eigenvalue weighted by Crippen LogP contribution is -2.65. The van der Waals surface area contributed by atoms with Crippen molar-refractivity contribution in [1.82, 2.24) is 42.5 Å². The Kier molecular flexibility index (Phi) is 29.8. The third kappa shape index (κ3) is 20.7. The van der Waals surface area contributed by atoms with Gasteiger partial charge in [-0.25, -0.2) is 4.79 Å². The van der Waals surface area contributed by atoms with Crippen LogP contribution in [0.4, 0.5) is 0 Å². The van der Waals surface area contributed by atoms with Gasteiger partial charge in [0.25, 0.3) is 0 Å². The maximum Gasteiger partial charge on any atom is 0.330 e. The molecule has 0 unspecified atom stereocenters. The fourth-order valence-electron chi connectivity index (χ4n) is 16.5. The number of nitrogens with one attached hydrogen (secondary N) is 8. The highest BCUT2D eigenvalue weighted by molar-refractivity contribution is 6.32. The number of benzene rings is 7. The molecule has 8 amide bonds. The number of carbonyl (C=O) groups is 9. The average Bonchev–Trinajstić information content (AvgIpc) is 0.757. The van der Waals surface area contributed by atoms with E-state index in [4.69, 9.17) is 71.6 Å². The molecule has 0 spiro atoms. The number of halogens is 2. The minimum absolute atomic E-state index is 0.0272. The standard InChI is InChI=1S/C88H97Cl2N9O33/c1-3-4-5-6-7-8-9-10-60(108)94-68-74(113)71(110)58(32-101)129-87(68)132-78-55-26-40-27-56(78)126-52-18-14-38(24-47(52)90)77(131-86-67(92-34(2)103)73(112)70(109)57(31-100)128-86)69-84(121)98-66(85(122)123)45-29-42(105)30-54(127-88-76(115)75(114)72(111)59(33-102)130-88)61(45)44-23-37(13-15-49(44)106)63(81(118)99-69)96-83(120)65(40)97-82(119)64-39-21-41(104)28-43(22-39)124-53-25-36(12-16-50(53)107)62(91)80(117)93-48(79(116)95-64)20-35-11-17-51(125-55)46(89)19-35/h11-19,21-30,48,57-59,62-77,86-88,100-102,104-107,109-115H,3-10,20,31-33,91H2,1-2H3,(H,92,103)(H,93,117)(H,94,108)(H,95,116)(H,96,120)(H,97,119)(H,98,121)(H,99,118)(H,122,123)/t48-,57+,58+,59+,62+,63+,64-,65+,66+,67+,68+,69-,70+,71+,72+,73+,74+,75-,76-,77+,86-,87-,88-/m0/s1. The number of fused-ring (bicyclic) bond motifs is 14. The molecule has 44 heteroatoms. The van der Waals surface area contributed by atoms with Gasteiger partial charge in [0, 0.05) is 48.6 Å². The van der Waals surface area contributed by atoms with Gasteiger partial charge < -0.3 is 167 Å². The first-order valence-electron chi connectivity index (χ1n) is 42.1. The first-order valence-corrected chi connectivity index (χ1v) is 42.9. The van der Waals surface area contributed by atoms with Crippen LogP contribution >= 0.6 is 23.2 Å². The third-order valence-corrected chi connectivity index (χ3v) is 24.0. The van der Waals surface area contributed by atoms with Crippen LogP contribution in [0.2, 0.25) is 10.0 Å². The van der Waals surface area contributed by atoms with Crippen LogP contribution in [0, 0.1) is 0 Å². The van der Waals surface area contributed by atoms with E-state index < -0.39 is 316 Å². The van der Waals surface area contributed by atoms with E-state index in [9.17, 15) is 95.8 Å². The number of ether oxygens (including phenoxy) is 9. The van der Waals surface area contributed by atoms with Gasteiger partial charge in [-0.1, -0.05) is 92.9 Å². The number of phenolic OH excluding ortho intramolecular Hbond substituents is 4. The molecule has 9 heterocycles. The van der Waals surface area contributed by atoms with Crippen molar-refractivity contribution in [2.75, 3.05) is 19.8 Å². The normalized spacial score (nSPS) is 28.9. The molecule has 0 aliphatic carbocycles. The molecular formula is C88H97Cl2N9O33. The summed E-state index contributed by atoms with van der Waals surface area (Å²) < 4.78 is 57.5. The van der Waals surface area contributed by atoms with Crippen LogP contribution < -0.4 is 72.0 Å². The second-order valence-electron chi connectivity index (χ2n) is 32.7. The van der Waals surface area contributed by atoms with E-state index in [1.807, 2.05) is 0 Å². The molecule has 0 saturated carbocycles. The van der Waals surface area contributed by atoms with Crippen LogP contribution in [0.25, 0.3) is 11.1 Å². The second kappa shape index (κ2) is 41.0. The molecule has 9 aliphatic heterocycles. The molecule has 132 heavy (non-hydrogen) atoms. The molecule has 9 aliphatic rings. The monoisotopic (exact) mass is 1880 g/mol. The minimum Gasteiger partial charge on any atom is -0.508 e. The number of aliphatic hydroxyl groups is 10. The lowest BCUT2D eigenvalue weighted by Gasteiger charge is -2.44. The number of carbonyl (C=O) groups excluding carboxylic acids is 8. The summed E-state index contributed by atoms with van der Waals surface area (Å²) in [6.45, 7) is -0.110. The summed E-state index contributed by atoms with van der Waals surface area (Å²) in [6, 6.07) is 0.681. The Hall–Kier alpha value is -12.1. The third-order valence-electron chi connectivity index (χ3n) is 23.5. The van der Waals surface area contributed by atoms with Gasteiger partial charge in [0.15, 0.2) is 35.3 Å². The molecule has 23 atom stereocenters. The molecule has 25 N–H and O–H groups in total. The molecule has 0 aromatic heterocycles. The van der Waals surface area contributed by atoms with Crippen LogP contribution in [-0.2, 0) is 68.5 Å². The van der Waals surface area contributed by atoms with Crippen LogP contribution in [0.15, 0.2) is 115 Å². The van der Waals surface area contributed by atoms with Gasteiger partial charge in [0.2, 0.25) is 65.6 Å². The summed E-state index contributed by atoms with van der Waals surface area (Å²) in [5.41, 5.74) is 2.79. The van der Waals surface area contributed by atoms with Crippen molar-refractivity contribution >= 4 is 76.4 Å². The number of rotatable bonds is 20. The largest absolute Gasteiger partial charge is 0.508 e. The Labute approximate surface area is 759 Å². The number of hydrogen-bond acceptors (Lipinski definition) is 33. The fraction of sp³-hybridized carbons (Fsp3) is 0.420. The summed E-state index contributed by atoms with van der Waals surface area (Å²) in [6.07, 6.45) is -23.8. The van der Waals surface area contributed by atoms with E-state index in [0.717, 1.165) is 124 Å². The van der Waals surface area contributed by atoms with Crippen molar-refractivity contribution in [3.8, 4) is 80.1 Å². The molecule has 7 aromatic rings. The van der Waals surface area contributed by atoms with Crippen LogP contribution in [0.5, 0.6) is 69.0 Å². The number of unbranched alkanes of at least 4 members (excludes halogenated alkanes) is 6. The maximum atomic E-state index is 17.0. The van der Waals surface area contributed by atoms with Crippen molar-refractivity contribution in [2.45, 2.75) is 212 Å². The zero-order valence-corrected chi connectivity index (χ0v) is 71.6. The molecule has 0 radical (unpaired) electrons. The number of nitrogens with two attached hydrogens (primary N) is 1. The van der Waals surface area contributed by atoms with E-state index in [0.29, 0.717) is 12.8 Å². The molecule has 3 saturated heterocycles. The number of amides is 8. The van der Waals surface area contributed by atoms with E-state index in [-0.39, 0.29) is 39.8 Å². The SMILES string of the molecule is CCCCCCCCCC(=O)N[C@H]1[C@H](Oc2c3cc4cc2Oc2ccc(cc2Cl)[C@@H](O[C@@H]2O[C@H](CO)[C@@H](O)[C@H](O)[C@H]2NC(C)=O)[C@@H]2NC(=O)[C@H](NC(=O)[C@@H]4NC(=O)[C@H]4NC(=O)[C@H](Cc5ccc(c(Cl)c5)O3)NC(=O)[C@H](N)c3ccc(O)c(c3)Oc3cc(O)cc4c3)c3ccc(O)c(c3)-c3c(O[C@H]4O[C@H](CO)[C@@H](O)[C@H](O)[C@@H]4O)cc(O)cc3[C@H](C(=O)O)NC2=O)O[C@H](CO)[C@@H](O)[C@@H]1O. The van der Waals surface area contributed by atoms with Gasteiger partial charge in [-0.2, -0.15) is 0 Å². The molecule has 17 bridgehead atoms. The first kappa shape index (κ1) is 96.0. The van der Waals surface area contributed by atoms with Gasteiger partial charge >= 0.3 is 5.97 Å². The van der Waals surface area contributed by atoms with E-state index in [1.165, 1.54) is 30.3 Å². The summed E-state index contributed by atoms with van der Waals surface area (Å²) >= 11 is 14.7. The second-order valence-corrected chi connectivity index (χ2v) is 33.5. The molecule has 706 valence electrons. The number of phenols is 4. The predicted molar refractivity (Wildman–Crippen MR) is 453 cm³/mol. The molecular weight excluding hydrogens is 1780 g/mol. The number of carboxylic acids is 1. The number of carboxylic acid groups (broad SMARTS) is 1. The van der Waals surface area contributed by atoms with Crippen molar-refractivity contribution in [2.24, 2.45) is 5.73 Å². The van der Waals surface area contributed by atoms with Gasteiger partial charge in [-0.05, 0) is 119 Å². The van der Waals surface area contributed by atoms with Crippen molar-refractivity contribution in [1.29, 1.82) is 0 Å². The molecule has 42 nitrogen and oxygen atoms in total. The summed E-state index contributed by atoms with van der Waals surface area (Å²) in [5.74, 6) is -19.5. The Bertz CT molecular complexity index is 5540. The zero-order chi connectivity index (χ0) is 94.7. The highest BCUT2D eigenvalue weighted by Crippen LogP contribution is 2.51. The van der Waals surface area contributed by atoms with Gasteiger partial charge in [-0.15, -0.1) is 0 Å². The van der Waals surface area contributed by atoms with Crippen molar-refractivity contribution in [3.05, 3.63) is 164 Å². The van der Waals surface area contributed by atoms with Gasteiger partial charge in [-0.3, -0.25) is 38.4 Å². The van der Waals surface area contributed by atoms with E-state index >= 15 is 24.0 Å². The van der Waals surface area contributed by atoms with Crippen molar-refractivity contribution in [3.63, 3.8) is 0 Å². The molecule has 7 aromatic carbocycles. The maximum absolute atomic E-state index is 17.0. The molecule has 16 rings (SSSR count). The van der Waals surface area contributed by atoms with Crippen LogP contribution in [0.3, 0.4) is 0 Å². The quantitative estimate of drug-likeness (QED) is 0.0476. The van der Waals surface area contributed by atoms with Gasteiger partial charge in [0.1, 0.15) is 156 Å². The topological polar surface area (TPSA) is 662 Å². The fourth-order valence-corrected chi connectivity index (χ4v) is 17.0. The Morgan fingerprint density at radius 1 is 0.485 bits per heavy atom. The lowest BCUT2D eigenvalue weighted by atomic mass is 9.89. The van der Waals surface area contributed by atoms with E-state index in [2.05, 4.69) is 49.5 Å². The number of aliphatic hydroxyl groups excluding tert-OH is 10. The van der Waals surface area contributed by atoms with Crippen LogP contribution in [-0.4, -0.2) is 254 Å². The first-order chi connectivity index (χ1) is 63.0. The predicted octanol–water partition coefficient (Wildman–Crippen LogP) is 1.16. The Balaban J connectivity index is 1.04. The van der Waals surface area contributed by atoms with E-state index in [1.54, 1.807) is 0 Å². The number of aromatic hydroxyl groups is 4. The van der Waals surface area contributed by atoms with Crippen molar-refractivity contribution < 1.29 is 162 Å². The Morgan fingerprint density at radius 2 is 1.03 bits per heavy atom. The highest BCUT2D eigenvalue weighted by atomic mass is 35.5. The highest BCUT2D eigenvalue weighted by Gasteiger charge is 2.52. The zero-order valence-electron chi connectivity index (χ0n) is 70.1. The van der Waals surface area contributed by atoms with Crippen LogP contribution in [0.1, 0.15) is 140 Å². The summed E-state index contributed by atoms with van der Waals surface area (Å²) in [7, 11) is 0. The number of aliphatic carboxylic acids is 1. The Morgan fingerprint density at radius 3 is 1.66 bits per heavy atom. The summed E-state index contributed by atoms with van der Waals surface area (Å²) in [5, 5.41) is 190. The number of hydrogen-bond donors (Lipinski definition) is 24.